The van der Waals surface area contributed by atoms with Crippen molar-refractivity contribution < 1.29 is 40.5 Å². The van der Waals surface area contributed by atoms with Crippen molar-refractivity contribution >= 4 is 5.78 Å². The maximum atomic E-state index is 13.6. The molecule has 7 N–H and O–H groups in total. The second-order valence-electron chi connectivity index (χ2n) is 14.2. The number of rotatable bonds is 6. The molecule has 3 fully saturated rings. The van der Waals surface area contributed by atoms with Crippen LogP contribution in [-0.4, -0.2) is 83.3 Å². The van der Waals surface area contributed by atoms with Crippen molar-refractivity contribution in [3.63, 3.8) is 0 Å². The summed E-state index contributed by atoms with van der Waals surface area (Å²) in [6.07, 6.45) is 0.873. The minimum Gasteiger partial charge on any atom is -0.396 e. The zero-order valence-corrected chi connectivity index (χ0v) is 23.2. The number of carbonyl (C=O) groups excluding carboxylic acids is 1. The summed E-state index contributed by atoms with van der Waals surface area (Å²) >= 11 is 0. The lowest BCUT2D eigenvalue weighted by atomic mass is 9.41. The second-order valence-corrected chi connectivity index (χ2v) is 14.2. The maximum absolute atomic E-state index is 13.6. The van der Waals surface area contributed by atoms with E-state index in [-0.39, 0.29) is 37.6 Å². The van der Waals surface area contributed by atoms with Crippen LogP contribution in [0.4, 0.5) is 0 Å². The molecule has 0 heterocycles. The SMILES string of the molecule is CC(C)(O)C(CO)CC(O)C(C)(O)C1CCC2(O)C3=CC(=O)C4(C)CC(O)C(O)CC4(C)C3CCC12C. The van der Waals surface area contributed by atoms with E-state index in [1.165, 1.54) is 0 Å². The maximum Gasteiger partial charge on any atom is 0.162 e. The summed E-state index contributed by atoms with van der Waals surface area (Å²) in [4.78, 5) is 13.6. The summed E-state index contributed by atoms with van der Waals surface area (Å²) in [6.45, 7) is 10.2. The molecule has 3 saturated carbocycles. The van der Waals surface area contributed by atoms with Gasteiger partial charge in [-0.25, -0.2) is 0 Å². The van der Waals surface area contributed by atoms with Gasteiger partial charge in [-0.3, -0.25) is 4.79 Å². The topological polar surface area (TPSA) is 159 Å². The Morgan fingerprint density at radius 2 is 1.59 bits per heavy atom. The largest absolute Gasteiger partial charge is 0.396 e. The Morgan fingerprint density at radius 1 is 1.00 bits per heavy atom. The number of aliphatic hydroxyl groups is 7. The highest BCUT2D eigenvalue weighted by molar-refractivity contribution is 5.97. The van der Waals surface area contributed by atoms with Crippen LogP contribution in [0, 0.1) is 34.0 Å². The molecule has 0 aromatic heterocycles. The van der Waals surface area contributed by atoms with Crippen molar-refractivity contribution in [2.24, 2.45) is 34.0 Å². The quantitative estimate of drug-likeness (QED) is 0.275. The van der Waals surface area contributed by atoms with Crippen LogP contribution in [0.15, 0.2) is 11.6 Å². The molecular formula is C29H48O8. The van der Waals surface area contributed by atoms with Crippen LogP contribution >= 0.6 is 0 Å². The summed E-state index contributed by atoms with van der Waals surface area (Å²) in [5, 5.41) is 76.4. The van der Waals surface area contributed by atoms with Gasteiger partial charge in [-0.15, -0.1) is 0 Å². The van der Waals surface area contributed by atoms with Crippen molar-refractivity contribution in [2.45, 2.75) is 122 Å². The Balaban J connectivity index is 1.69. The first-order valence-electron chi connectivity index (χ1n) is 13.9. The van der Waals surface area contributed by atoms with Crippen molar-refractivity contribution in [2.75, 3.05) is 6.61 Å². The smallest absolute Gasteiger partial charge is 0.162 e. The van der Waals surface area contributed by atoms with Gasteiger partial charge in [0, 0.05) is 23.4 Å². The Labute approximate surface area is 220 Å². The van der Waals surface area contributed by atoms with Gasteiger partial charge in [0.25, 0.3) is 0 Å². The second kappa shape index (κ2) is 8.82. The van der Waals surface area contributed by atoms with Crippen LogP contribution in [0.2, 0.25) is 0 Å². The number of hydrogen-bond donors (Lipinski definition) is 7. The third-order valence-corrected chi connectivity index (χ3v) is 12.0. The standard InChI is InChI=1S/C29H48O8/c1-24(2,35)16(15-30)11-23(34)28(6,36)21-8-10-29(37)18-12-22(33)27(5)14-20(32)19(31)13-26(27,4)17(18)7-9-25(21,29)3/h12,16-17,19-21,23,30-32,34-37H,7-11,13-15H2,1-6H3. The first-order chi connectivity index (χ1) is 16.8. The summed E-state index contributed by atoms with van der Waals surface area (Å²) in [5.41, 5.74) is -5.85. The van der Waals surface area contributed by atoms with E-state index < -0.39 is 63.2 Å². The van der Waals surface area contributed by atoms with Crippen LogP contribution in [-0.2, 0) is 4.79 Å². The van der Waals surface area contributed by atoms with Crippen molar-refractivity contribution in [3.8, 4) is 0 Å². The zero-order chi connectivity index (χ0) is 28.0. The van der Waals surface area contributed by atoms with E-state index in [9.17, 15) is 40.5 Å². The molecule has 8 heteroatoms. The van der Waals surface area contributed by atoms with Gasteiger partial charge in [-0.2, -0.15) is 0 Å². The fraction of sp³-hybridized carbons (Fsp3) is 0.897. The summed E-state index contributed by atoms with van der Waals surface area (Å²) < 4.78 is 0. The van der Waals surface area contributed by atoms with Crippen LogP contribution in [0.3, 0.4) is 0 Å². The molecular weight excluding hydrogens is 476 g/mol. The Kier molecular flexibility index (Phi) is 6.94. The third-order valence-electron chi connectivity index (χ3n) is 12.0. The fourth-order valence-electron chi connectivity index (χ4n) is 8.93. The highest BCUT2D eigenvalue weighted by Gasteiger charge is 2.71. The first-order valence-corrected chi connectivity index (χ1v) is 13.9. The number of aliphatic hydroxyl groups excluding tert-OH is 4. The molecule has 37 heavy (non-hydrogen) atoms. The lowest BCUT2D eigenvalue weighted by Gasteiger charge is -2.63. The van der Waals surface area contributed by atoms with Crippen LogP contribution in [0.1, 0.15) is 86.5 Å². The molecule has 0 bridgehead atoms. The average Bonchev–Trinajstić information content (AvgIpc) is 3.06. The van der Waals surface area contributed by atoms with Crippen molar-refractivity contribution in [3.05, 3.63) is 11.6 Å². The predicted molar refractivity (Wildman–Crippen MR) is 137 cm³/mol. The number of carbonyl (C=O) groups is 1. The minimum absolute atomic E-state index is 0.00153. The molecule has 0 aromatic carbocycles. The van der Waals surface area contributed by atoms with Gasteiger partial charge in [-0.1, -0.05) is 20.8 Å². The van der Waals surface area contributed by atoms with Gasteiger partial charge in [0.15, 0.2) is 5.78 Å². The van der Waals surface area contributed by atoms with Gasteiger partial charge < -0.3 is 35.7 Å². The fourth-order valence-corrected chi connectivity index (χ4v) is 8.93. The zero-order valence-electron chi connectivity index (χ0n) is 23.2. The van der Waals surface area contributed by atoms with Crippen LogP contribution in [0.5, 0.6) is 0 Å². The monoisotopic (exact) mass is 524 g/mol. The molecule has 0 spiro atoms. The number of fused-ring (bicyclic) bond motifs is 5. The molecule has 0 aromatic rings. The lowest BCUT2D eigenvalue weighted by Crippen LogP contribution is -2.65. The van der Waals surface area contributed by atoms with Gasteiger partial charge in [-0.05, 0) is 94.6 Å². The molecule has 0 amide bonds. The Hall–Kier alpha value is -0.870. The van der Waals surface area contributed by atoms with Gasteiger partial charge in [0.05, 0.1) is 35.1 Å². The molecule has 0 saturated heterocycles. The highest BCUT2D eigenvalue weighted by atomic mass is 16.3. The lowest BCUT2D eigenvalue weighted by molar-refractivity contribution is -0.190. The number of allylic oxidation sites excluding steroid dienone is 1. The molecule has 11 unspecified atom stereocenters. The summed E-state index contributed by atoms with van der Waals surface area (Å²) in [6, 6.07) is 0. The first kappa shape index (κ1) is 29.1. The molecule has 4 rings (SSSR count). The van der Waals surface area contributed by atoms with Crippen molar-refractivity contribution in [1.29, 1.82) is 0 Å². The number of ketones is 1. The normalized spacial score (nSPS) is 47.3. The van der Waals surface area contributed by atoms with Crippen LogP contribution in [0.25, 0.3) is 0 Å². The molecule has 11 atom stereocenters. The Bertz CT molecular complexity index is 954. The van der Waals surface area contributed by atoms with Crippen molar-refractivity contribution in [1.82, 2.24) is 0 Å². The molecule has 0 aliphatic heterocycles. The third kappa shape index (κ3) is 3.92. The van der Waals surface area contributed by atoms with E-state index in [1.54, 1.807) is 26.8 Å². The summed E-state index contributed by atoms with van der Waals surface area (Å²) in [5.74, 6) is -1.42. The summed E-state index contributed by atoms with van der Waals surface area (Å²) in [7, 11) is 0. The van der Waals surface area contributed by atoms with E-state index in [0.29, 0.717) is 31.3 Å². The molecule has 212 valence electrons. The van der Waals surface area contributed by atoms with E-state index in [4.69, 9.17) is 0 Å². The van der Waals surface area contributed by atoms with Gasteiger partial charge in [0.1, 0.15) is 0 Å². The highest BCUT2D eigenvalue weighted by Crippen LogP contribution is 2.70. The minimum atomic E-state index is -1.60. The van der Waals surface area contributed by atoms with Gasteiger partial charge in [0.2, 0.25) is 0 Å². The molecule has 0 radical (unpaired) electrons. The van der Waals surface area contributed by atoms with E-state index in [2.05, 4.69) is 0 Å². The Morgan fingerprint density at radius 3 is 2.16 bits per heavy atom. The van der Waals surface area contributed by atoms with E-state index >= 15 is 0 Å². The van der Waals surface area contributed by atoms with E-state index in [0.717, 1.165) is 0 Å². The molecule has 4 aliphatic rings. The molecule has 4 aliphatic carbocycles. The molecule has 8 nitrogen and oxygen atoms in total. The van der Waals surface area contributed by atoms with Crippen LogP contribution < -0.4 is 0 Å². The van der Waals surface area contributed by atoms with Gasteiger partial charge >= 0.3 is 0 Å². The average molecular weight is 525 g/mol. The van der Waals surface area contributed by atoms with E-state index in [1.807, 2.05) is 20.8 Å². The number of hydrogen-bond acceptors (Lipinski definition) is 8. The predicted octanol–water partition coefficient (Wildman–Crippen LogP) is 1.46.